The van der Waals surface area contributed by atoms with Crippen LogP contribution in [0.25, 0.3) is 0 Å². The predicted molar refractivity (Wildman–Crippen MR) is 101 cm³/mol. The first kappa shape index (κ1) is 21.0. The van der Waals surface area contributed by atoms with Gasteiger partial charge in [-0.25, -0.2) is 4.79 Å². The molecule has 6 nitrogen and oxygen atoms in total. The number of carbonyl (C=O) groups is 1. The molecule has 0 bridgehead atoms. The number of amides is 1. The molecule has 1 saturated carbocycles. The molecule has 0 radical (unpaired) electrons. The zero-order valence-corrected chi connectivity index (χ0v) is 16.8. The first-order chi connectivity index (χ1) is 11.9. The van der Waals surface area contributed by atoms with E-state index in [1.807, 2.05) is 12.1 Å². The molecule has 1 amide bonds. The number of hydrogen-bond acceptors (Lipinski definition) is 4. The smallest absolute Gasteiger partial charge is 0.407 e. The van der Waals surface area contributed by atoms with E-state index in [1.54, 1.807) is 32.9 Å². The number of rotatable bonds is 4. The van der Waals surface area contributed by atoms with Crippen LogP contribution in [0.3, 0.4) is 0 Å². The van der Waals surface area contributed by atoms with Gasteiger partial charge in [-0.15, -0.1) is 0 Å². The number of halogens is 1. The Bertz CT molecular complexity index is 727. The number of carbonyl (C=O) groups excluding carboxylic acids is 1. The van der Waals surface area contributed by atoms with Crippen LogP contribution in [0.4, 0.5) is 4.79 Å². The highest BCUT2D eigenvalue weighted by molar-refractivity contribution is 7.85. The Balaban J connectivity index is 2.17. The molecule has 1 fully saturated rings. The SMILES string of the molecule is CC(C)(C)OC(=O)N[C@@H]1CC[C@H](CS(=O)(=O)O)C[C@H]1c1ccc(Cl)cc1. The average molecular weight is 404 g/mol. The molecule has 0 heterocycles. The fourth-order valence-corrected chi connectivity index (χ4v) is 4.44. The van der Waals surface area contributed by atoms with Gasteiger partial charge >= 0.3 is 6.09 Å². The van der Waals surface area contributed by atoms with Crippen molar-refractivity contribution in [3.8, 4) is 0 Å². The minimum Gasteiger partial charge on any atom is -0.444 e. The van der Waals surface area contributed by atoms with Crippen LogP contribution >= 0.6 is 11.6 Å². The van der Waals surface area contributed by atoms with Gasteiger partial charge in [0.1, 0.15) is 5.60 Å². The Labute approximate surface area is 160 Å². The number of benzene rings is 1. The van der Waals surface area contributed by atoms with Gasteiger partial charge < -0.3 is 10.1 Å². The van der Waals surface area contributed by atoms with Crippen molar-refractivity contribution in [3.05, 3.63) is 34.9 Å². The highest BCUT2D eigenvalue weighted by atomic mass is 35.5. The quantitative estimate of drug-likeness (QED) is 0.741. The summed E-state index contributed by atoms with van der Waals surface area (Å²) in [7, 11) is -4.03. The minimum atomic E-state index is -4.03. The standard InChI is InChI=1S/C18H26ClNO5S/c1-18(2,3)25-17(21)20-16-9-4-12(11-26(22,23)24)10-15(16)13-5-7-14(19)8-6-13/h5-8,12,15-16H,4,9-11H2,1-3H3,(H,20,21)(H,22,23,24)/t12-,15-,16+/m0/s1. The molecule has 26 heavy (non-hydrogen) atoms. The molecular weight excluding hydrogens is 378 g/mol. The summed E-state index contributed by atoms with van der Waals surface area (Å²) in [5.41, 5.74) is 0.373. The van der Waals surface area contributed by atoms with Crippen LogP contribution in [0.2, 0.25) is 5.02 Å². The summed E-state index contributed by atoms with van der Waals surface area (Å²) in [5.74, 6) is -0.515. The highest BCUT2D eigenvalue weighted by Gasteiger charge is 2.35. The van der Waals surface area contributed by atoms with E-state index in [0.29, 0.717) is 24.3 Å². The summed E-state index contributed by atoms with van der Waals surface area (Å²) < 4.78 is 37.0. The molecule has 2 rings (SSSR count). The van der Waals surface area contributed by atoms with Gasteiger partial charge in [0.15, 0.2) is 0 Å². The van der Waals surface area contributed by atoms with Crippen LogP contribution in [0.15, 0.2) is 24.3 Å². The van der Waals surface area contributed by atoms with Crippen molar-refractivity contribution in [1.29, 1.82) is 0 Å². The van der Waals surface area contributed by atoms with Gasteiger partial charge in [-0.2, -0.15) is 8.42 Å². The van der Waals surface area contributed by atoms with E-state index in [-0.39, 0.29) is 23.6 Å². The molecular formula is C18H26ClNO5S. The summed E-state index contributed by atoms with van der Waals surface area (Å²) in [6, 6.07) is 7.13. The van der Waals surface area contributed by atoms with Crippen LogP contribution in [0.5, 0.6) is 0 Å². The van der Waals surface area contributed by atoms with Gasteiger partial charge in [0.25, 0.3) is 10.1 Å². The lowest BCUT2D eigenvalue weighted by Gasteiger charge is -2.37. The number of ether oxygens (including phenoxy) is 1. The second kappa shape index (κ2) is 8.15. The second-order valence-electron chi connectivity index (χ2n) is 7.84. The van der Waals surface area contributed by atoms with Crippen LogP contribution in [0, 0.1) is 5.92 Å². The van der Waals surface area contributed by atoms with Crippen LogP contribution in [-0.4, -0.2) is 36.5 Å². The van der Waals surface area contributed by atoms with Gasteiger partial charge in [0.2, 0.25) is 0 Å². The molecule has 0 aliphatic heterocycles. The van der Waals surface area contributed by atoms with Crippen LogP contribution in [-0.2, 0) is 14.9 Å². The van der Waals surface area contributed by atoms with Crippen LogP contribution < -0.4 is 5.32 Å². The van der Waals surface area contributed by atoms with Crippen molar-refractivity contribution in [2.45, 2.75) is 57.6 Å². The molecule has 8 heteroatoms. The van der Waals surface area contributed by atoms with E-state index >= 15 is 0 Å². The molecule has 1 aromatic carbocycles. The van der Waals surface area contributed by atoms with E-state index in [1.165, 1.54) is 0 Å². The van der Waals surface area contributed by atoms with Crippen molar-refractivity contribution in [1.82, 2.24) is 5.32 Å². The van der Waals surface area contributed by atoms with E-state index < -0.39 is 21.8 Å². The molecule has 0 spiro atoms. The molecule has 3 atom stereocenters. The van der Waals surface area contributed by atoms with Gasteiger partial charge in [0.05, 0.1) is 5.75 Å². The number of hydrogen-bond donors (Lipinski definition) is 2. The fourth-order valence-electron chi connectivity index (χ4n) is 3.42. The average Bonchev–Trinajstić information content (AvgIpc) is 2.46. The predicted octanol–water partition coefficient (Wildman–Crippen LogP) is 4.00. The first-order valence-electron chi connectivity index (χ1n) is 8.63. The fraction of sp³-hybridized carbons (Fsp3) is 0.611. The zero-order valence-electron chi connectivity index (χ0n) is 15.2. The van der Waals surface area contributed by atoms with E-state index in [9.17, 15) is 13.2 Å². The summed E-state index contributed by atoms with van der Waals surface area (Å²) in [5, 5.41) is 3.52. The Morgan fingerprint density at radius 1 is 1.27 bits per heavy atom. The van der Waals surface area contributed by atoms with Crippen molar-refractivity contribution < 1.29 is 22.5 Å². The molecule has 1 aliphatic rings. The monoisotopic (exact) mass is 403 g/mol. The maximum absolute atomic E-state index is 12.2. The summed E-state index contributed by atoms with van der Waals surface area (Å²) >= 11 is 5.96. The summed E-state index contributed by atoms with van der Waals surface area (Å²) in [6.07, 6.45) is 1.26. The van der Waals surface area contributed by atoms with Gasteiger partial charge in [0, 0.05) is 17.0 Å². The molecule has 0 saturated heterocycles. The largest absolute Gasteiger partial charge is 0.444 e. The molecule has 146 valence electrons. The third-order valence-corrected chi connectivity index (χ3v) is 5.55. The van der Waals surface area contributed by atoms with Gasteiger partial charge in [-0.05, 0) is 63.6 Å². The molecule has 1 aliphatic carbocycles. The van der Waals surface area contributed by atoms with Crippen molar-refractivity contribution in [3.63, 3.8) is 0 Å². The van der Waals surface area contributed by atoms with Crippen molar-refractivity contribution in [2.75, 3.05) is 5.75 Å². The minimum absolute atomic E-state index is 0.0831. The number of alkyl carbamates (subject to hydrolysis) is 1. The molecule has 1 aromatic rings. The van der Waals surface area contributed by atoms with Gasteiger partial charge in [-0.3, -0.25) is 4.55 Å². The maximum Gasteiger partial charge on any atom is 0.407 e. The van der Waals surface area contributed by atoms with E-state index in [4.69, 9.17) is 20.9 Å². The highest BCUT2D eigenvalue weighted by Crippen LogP contribution is 2.37. The van der Waals surface area contributed by atoms with E-state index in [0.717, 1.165) is 5.56 Å². The summed E-state index contributed by atoms with van der Waals surface area (Å²) in [4.78, 5) is 12.2. The lowest BCUT2D eigenvalue weighted by atomic mass is 9.75. The summed E-state index contributed by atoms with van der Waals surface area (Å²) in [6.45, 7) is 5.39. The molecule has 0 unspecified atom stereocenters. The third kappa shape index (κ3) is 6.78. The Morgan fingerprint density at radius 2 is 1.88 bits per heavy atom. The third-order valence-electron chi connectivity index (χ3n) is 4.41. The lowest BCUT2D eigenvalue weighted by molar-refractivity contribution is 0.0478. The van der Waals surface area contributed by atoms with Gasteiger partial charge in [-0.1, -0.05) is 23.7 Å². The zero-order chi connectivity index (χ0) is 19.5. The topological polar surface area (TPSA) is 92.7 Å². The van der Waals surface area contributed by atoms with Crippen LogP contribution in [0.1, 0.15) is 51.5 Å². The van der Waals surface area contributed by atoms with Crippen molar-refractivity contribution in [2.24, 2.45) is 5.92 Å². The Kier molecular flexibility index (Phi) is 6.58. The Hall–Kier alpha value is -1.31. The second-order valence-corrected chi connectivity index (χ2v) is 9.77. The molecule has 0 aromatic heterocycles. The molecule has 2 N–H and O–H groups in total. The Morgan fingerprint density at radius 3 is 2.42 bits per heavy atom. The maximum atomic E-state index is 12.2. The first-order valence-corrected chi connectivity index (χ1v) is 10.6. The normalized spacial score (nSPS) is 24.1. The van der Waals surface area contributed by atoms with E-state index in [2.05, 4.69) is 5.32 Å². The lowest BCUT2D eigenvalue weighted by Crippen LogP contribution is -2.45. The van der Waals surface area contributed by atoms with Crippen molar-refractivity contribution >= 4 is 27.8 Å². The number of nitrogens with one attached hydrogen (secondary N) is 1.